The maximum atomic E-state index is 14.0. The number of nitrogens with zero attached hydrogens (tertiary/aromatic N) is 2. The first-order valence-electron chi connectivity index (χ1n) is 11.7. The maximum Gasteiger partial charge on any atom is 0.347 e. The van der Waals surface area contributed by atoms with Gasteiger partial charge in [0.05, 0.1) is 12.1 Å². The first kappa shape index (κ1) is 23.1. The molecule has 6 heteroatoms. The summed E-state index contributed by atoms with van der Waals surface area (Å²) in [6.45, 7) is 0. The van der Waals surface area contributed by atoms with Gasteiger partial charge >= 0.3 is 5.97 Å². The summed E-state index contributed by atoms with van der Waals surface area (Å²) in [5.41, 5.74) is 2.19. The van der Waals surface area contributed by atoms with Crippen LogP contribution in [0.5, 0.6) is 0 Å². The van der Waals surface area contributed by atoms with Gasteiger partial charge in [-0.2, -0.15) is 0 Å². The molecule has 0 bridgehead atoms. The van der Waals surface area contributed by atoms with Gasteiger partial charge in [-0.3, -0.25) is 19.4 Å². The Labute approximate surface area is 209 Å². The van der Waals surface area contributed by atoms with Gasteiger partial charge in [0.25, 0.3) is 11.8 Å². The Hall–Kier alpha value is -4.71. The summed E-state index contributed by atoms with van der Waals surface area (Å²) in [5.74, 6) is -2.19. The van der Waals surface area contributed by atoms with Crippen LogP contribution < -0.4 is 0 Å². The zero-order valence-corrected chi connectivity index (χ0v) is 19.3. The molecule has 5 rings (SSSR count). The molecule has 1 aliphatic rings. The normalized spacial score (nSPS) is 17.7. The van der Waals surface area contributed by atoms with E-state index in [-0.39, 0.29) is 0 Å². The Balaban J connectivity index is 1.76. The quantitative estimate of drug-likeness (QED) is 0.431. The van der Waals surface area contributed by atoms with Gasteiger partial charge in [0.15, 0.2) is 0 Å². The molecule has 178 valence electrons. The molecule has 0 aromatic heterocycles. The number of hydrogen-bond donors (Lipinski definition) is 1. The third-order valence-electron chi connectivity index (χ3n) is 6.44. The van der Waals surface area contributed by atoms with Gasteiger partial charge in [0, 0.05) is 11.1 Å². The largest absolute Gasteiger partial charge is 0.478 e. The van der Waals surface area contributed by atoms with Crippen LogP contribution in [0.1, 0.15) is 43.9 Å². The molecular formula is C30H24N2O4. The molecule has 1 fully saturated rings. The lowest BCUT2D eigenvalue weighted by atomic mass is 9.92. The van der Waals surface area contributed by atoms with Crippen LogP contribution in [0.25, 0.3) is 0 Å². The van der Waals surface area contributed by atoms with Crippen molar-refractivity contribution in [1.29, 1.82) is 0 Å². The minimum atomic E-state index is -1.51. The second-order valence-corrected chi connectivity index (χ2v) is 8.58. The summed E-state index contributed by atoms with van der Waals surface area (Å²) in [5, 5.41) is 10.5. The zero-order chi connectivity index (χ0) is 25.1. The van der Waals surface area contributed by atoms with Gasteiger partial charge in [0.1, 0.15) is 0 Å². The van der Waals surface area contributed by atoms with Gasteiger partial charge in [-0.05, 0) is 35.4 Å². The minimum absolute atomic E-state index is 0.352. The molecule has 4 aromatic carbocycles. The van der Waals surface area contributed by atoms with Gasteiger partial charge in [-0.25, -0.2) is 4.79 Å². The van der Waals surface area contributed by atoms with Crippen LogP contribution in [0.2, 0.25) is 0 Å². The number of carboxylic acids is 1. The molecule has 1 saturated heterocycles. The molecular weight excluding hydrogens is 452 g/mol. The van der Waals surface area contributed by atoms with Crippen molar-refractivity contribution in [1.82, 2.24) is 9.80 Å². The van der Waals surface area contributed by atoms with Crippen LogP contribution in [0.3, 0.4) is 0 Å². The molecule has 1 N–H and O–H groups in total. The first-order valence-corrected chi connectivity index (χ1v) is 11.7. The van der Waals surface area contributed by atoms with E-state index in [9.17, 15) is 19.5 Å². The van der Waals surface area contributed by atoms with Gasteiger partial charge < -0.3 is 5.11 Å². The van der Waals surface area contributed by atoms with Crippen molar-refractivity contribution in [3.8, 4) is 0 Å². The minimum Gasteiger partial charge on any atom is -0.478 e. The molecule has 2 atom stereocenters. The highest BCUT2D eigenvalue weighted by atomic mass is 16.4. The van der Waals surface area contributed by atoms with E-state index in [1.807, 2.05) is 60.7 Å². The Bertz CT molecular complexity index is 1260. The van der Waals surface area contributed by atoms with Crippen LogP contribution in [0.4, 0.5) is 0 Å². The van der Waals surface area contributed by atoms with Crippen molar-refractivity contribution in [3.63, 3.8) is 0 Å². The predicted molar refractivity (Wildman–Crippen MR) is 135 cm³/mol. The van der Waals surface area contributed by atoms with Crippen LogP contribution in [-0.2, 0) is 4.79 Å². The molecule has 4 aromatic rings. The fraction of sp³-hybridized carbons (Fsp3) is 0.100. The monoisotopic (exact) mass is 476 g/mol. The lowest BCUT2D eigenvalue weighted by Crippen LogP contribution is -2.50. The number of carboxylic acid groups (broad SMARTS) is 1. The van der Waals surface area contributed by atoms with Crippen molar-refractivity contribution < 1.29 is 19.5 Å². The molecule has 6 nitrogen and oxygen atoms in total. The standard InChI is InChI=1S/C30H24N2O4/c33-28(23-17-9-3-10-18-23)31-25(21-13-5-1-6-14-21)26(22-15-7-2-8-16-22)32(27(31)30(35)36)29(34)24-19-11-4-12-20-24/h1-20,25-27H,(H,35,36)/t25-,26-/m0/s1. The highest BCUT2D eigenvalue weighted by Gasteiger charge is 2.55. The summed E-state index contributed by atoms with van der Waals surface area (Å²) < 4.78 is 0. The number of carbonyl (C=O) groups is 3. The van der Waals surface area contributed by atoms with Crippen molar-refractivity contribution >= 4 is 17.8 Å². The number of hydrogen-bond acceptors (Lipinski definition) is 3. The van der Waals surface area contributed by atoms with E-state index >= 15 is 0 Å². The molecule has 0 radical (unpaired) electrons. The van der Waals surface area contributed by atoms with E-state index in [2.05, 4.69) is 0 Å². The average Bonchev–Trinajstić information content (AvgIpc) is 3.30. The zero-order valence-electron chi connectivity index (χ0n) is 19.3. The predicted octanol–water partition coefficient (Wildman–Crippen LogP) is 5.18. The lowest BCUT2D eigenvalue weighted by molar-refractivity contribution is -0.145. The number of amides is 2. The average molecular weight is 477 g/mol. The first-order chi connectivity index (χ1) is 17.6. The highest BCUT2D eigenvalue weighted by molar-refractivity contribution is 6.01. The molecule has 0 unspecified atom stereocenters. The van der Waals surface area contributed by atoms with E-state index in [0.717, 1.165) is 11.1 Å². The lowest BCUT2D eigenvalue weighted by Gasteiger charge is -2.29. The van der Waals surface area contributed by atoms with Crippen LogP contribution >= 0.6 is 0 Å². The van der Waals surface area contributed by atoms with E-state index in [0.29, 0.717) is 11.1 Å². The third-order valence-corrected chi connectivity index (χ3v) is 6.44. The highest BCUT2D eigenvalue weighted by Crippen LogP contribution is 2.48. The van der Waals surface area contributed by atoms with Crippen LogP contribution in [0.15, 0.2) is 121 Å². The smallest absolute Gasteiger partial charge is 0.347 e. The molecule has 36 heavy (non-hydrogen) atoms. The third kappa shape index (κ3) is 4.14. The SMILES string of the molecule is O=C(O)C1N(C(=O)c2ccccc2)[C@@H](c2ccccc2)[C@H](c2ccccc2)N1C(=O)c1ccccc1. The summed E-state index contributed by atoms with van der Waals surface area (Å²) in [7, 11) is 0. The van der Waals surface area contributed by atoms with E-state index in [1.165, 1.54) is 9.80 Å². The number of aliphatic carboxylic acids is 1. The second-order valence-electron chi connectivity index (χ2n) is 8.58. The molecule has 1 aliphatic heterocycles. The van der Waals surface area contributed by atoms with Crippen LogP contribution in [-0.4, -0.2) is 38.9 Å². The molecule has 0 saturated carbocycles. The number of carbonyl (C=O) groups excluding carboxylic acids is 2. The van der Waals surface area contributed by atoms with E-state index < -0.39 is 36.0 Å². The Morgan fingerprint density at radius 3 is 1.11 bits per heavy atom. The van der Waals surface area contributed by atoms with E-state index in [1.54, 1.807) is 60.7 Å². The number of rotatable bonds is 5. The van der Waals surface area contributed by atoms with Crippen molar-refractivity contribution in [3.05, 3.63) is 144 Å². The molecule has 1 heterocycles. The summed E-state index contributed by atoms with van der Waals surface area (Å²) in [6.07, 6.45) is -1.51. The summed E-state index contributed by atoms with van der Waals surface area (Å²) in [4.78, 5) is 43.4. The van der Waals surface area contributed by atoms with Crippen molar-refractivity contribution in [2.45, 2.75) is 18.2 Å². The van der Waals surface area contributed by atoms with Gasteiger partial charge in [-0.15, -0.1) is 0 Å². The molecule has 2 amide bonds. The van der Waals surface area contributed by atoms with Gasteiger partial charge in [0.2, 0.25) is 6.17 Å². The Morgan fingerprint density at radius 1 is 0.500 bits per heavy atom. The topological polar surface area (TPSA) is 77.9 Å². The molecule has 0 aliphatic carbocycles. The van der Waals surface area contributed by atoms with Crippen molar-refractivity contribution in [2.75, 3.05) is 0 Å². The summed E-state index contributed by atoms with van der Waals surface area (Å²) >= 11 is 0. The summed E-state index contributed by atoms with van der Waals surface area (Å²) in [6, 6.07) is 34.3. The number of benzene rings is 4. The van der Waals surface area contributed by atoms with Crippen LogP contribution in [0, 0.1) is 0 Å². The molecule has 0 spiro atoms. The Kier molecular flexibility index (Phi) is 6.33. The Morgan fingerprint density at radius 2 is 0.806 bits per heavy atom. The maximum absolute atomic E-state index is 14.0. The van der Waals surface area contributed by atoms with Gasteiger partial charge in [-0.1, -0.05) is 97.1 Å². The fourth-order valence-electron chi connectivity index (χ4n) is 4.90. The van der Waals surface area contributed by atoms with Crippen molar-refractivity contribution in [2.24, 2.45) is 0 Å². The second kappa shape index (κ2) is 9.88. The fourth-order valence-corrected chi connectivity index (χ4v) is 4.90. The van der Waals surface area contributed by atoms with E-state index in [4.69, 9.17) is 0 Å².